The molecule has 0 fully saturated rings. The van der Waals surface area contributed by atoms with Crippen LogP contribution < -0.4 is 5.32 Å². The van der Waals surface area contributed by atoms with Crippen molar-refractivity contribution in [3.63, 3.8) is 0 Å². The van der Waals surface area contributed by atoms with Crippen molar-refractivity contribution >= 4 is 11.8 Å². The topological polar surface area (TPSA) is 15.3 Å². The fourth-order valence-corrected chi connectivity index (χ4v) is 0.983. The molecule has 0 saturated heterocycles. The Morgan fingerprint density at radius 3 is 2.70 bits per heavy atom. The lowest BCUT2D eigenvalue weighted by atomic mass is 10.8. The zero-order chi connectivity index (χ0) is 7.82. The van der Waals surface area contributed by atoms with Crippen LogP contribution in [0, 0.1) is 11.3 Å². The number of nitrogens with zero attached hydrogens (tertiary/aromatic N) is 1. The van der Waals surface area contributed by atoms with Crippen LogP contribution in [-0.2, 0) is 0 Å². The molecule has 0 amide bonds. The highest BCUT2D eigenvalue weighted by atomic mass is 32.2. The second-order valence-electron chi connectivity index (χ2n) is 2.06. The van der Waals surface area contributed by atoms with Gasteiger partial charge in [-0.25, -0.2) is 0 Å². The van der Waals surface area contributed by atoms with E-state index in [0.29, 0.717) is 0 Å². The minimum absolute atomic E-state index is 1.02. The number of hydrogen-bond donors (Lipinski definition) is 1. The summed E-state index contributed by atoms with van der Waals surface area (Å²) in [6.07, 6.45) is 0. The van der Waals surface area contributed by atoms with E-state index in [0.717, 1.165) is 12.3 Å². The van der Waals surface area contributed by atoms with Crippen LogP contribution in [0.25, 0.3) is 0 Å². The zero-order valence-corrected chi connectivity index (χ0v) is 7.59. The van der Waals surface area contributed by atoms with Gasteiger partial charge in [0.05, 0.1) is 0 Å². The smallest absolute Gasteiger partial charge is 0.0188 e. The quantitative estimate of drug-likeness (QED) is 0.364. The van der Waals surface area contributed by atoms with E-state index < -0.39 is 0 Å². The molecular formula is C7H14N2S. The third-order valence-electron chi connectivity index (χ3n) is 0.796. The van der Waals surface area contributed by atoms with Crippen LogP contribution in [-0.4, -0.2) is 38.3 Å². The minimum atomic E-state index is 1.02. The average molecular weight is 158 g/mol. The van der Waals surface area contributed by atoms with Gasteiger partial charge < -0.3 is 10.2 Å². The van der Waals surface area contributed by atoms with Gasteiger partial charge in [-0.15, -0.1) is 0 Å². The first-order chi connectivity index (χ1) is 4.77. The first-order valence-electron chi connectivity index (χ1n) is 3.21. The van der Waals surface area contributed by atoms with Crippen molar-refractivity contribution in [3.8, 4) is 11.3 Å². The van der Waals surface area contributed by atoms with Gasteiger partial charge in [0.25, 0.3) is 0 Å². The molecule has 0 spiro atoms. The molecule has 0 rings (SSSR count). The summed E-state index contributed by atoms with van der Waals surface area (Å²) >= 11 is 1.64. The van der Waals surface area contributed by atoms with Crippen molar-refractivity contribution in [2.24, 2.45) is 0 Å². The monoisotopic (exact) mass is 158 g/mol. The van der Waals surface area contributed by atoms with Crippen molar-refractivity contribution in [1.82, 2.24) is 10.2 Å². The maximum atomic E-state index is 3.05. The van der Waals surface area contributed by atoms with Crippen molar-refractivity contribution in [2.75, 3.05) is 33.4 Å². The molecule has 2 nitrogen and oxygen atoms in total. The van der Waals surface area contributed by atoms with Crippen molar-refractivity contribution < 1.29 is 0 Å². The molecule has 10 heavy (non-hydrogen) atoms. The second-order valence-corrected chi connectivity index (χ2v) is 2.96. The van der Waals surface area contributed by atoms with E-state index in [2.05, 4.69) is 16.6 Å². The lowest BCUT2D eigenvalue weighted by molar-refractivity contribution is 0.598. The van der Waals surface area contributed by atoms with Gasteiger partial charge >= 0.3 is 0 Å². The molecule has 0 aliphatic carbocycles. The number of nitrogens with one attached hydrogen (secondary N) is 1. The van der Waals surface area contributed by atoms with Crippen molar-refractivity contribution in [3.05, 3.63) is 0 Å². The highest BCUT2D eigenvalue weighted by Gasteiger charge is 1.79. The lowest BCUT2D eigenvalue weighted by Crippen LogP contribution is -2.09. The van der Waals surface area contributed by atoms with E-state index in [1.807, 2.05) is 26.0 Å². The van der Waals surface area contributed by atoms with Gasteiger partial charge in [-0.1, -0.05) is 11.8 Å². The molecule has 0 aliphatic heterocycles. The van der Waals surface area contributed by atoms with Gasteiger partial charge in [0.15, 0.2) is 0 Å². The molecule has 0 heterocycles. The van der Waals surface area contributed by atoms with Crippen LogP contribution in [0.3, 0.4) is 0 Å². The summed E-state index contributed by atoms with van der Waals surface area (Å²) < 4.78 is 0. The van der Waals surface area contributed by atoms with Gasteiger partial charge in [0.1, 0.15) is 0 Å². The summed E-state index contributed by atoms with van der Waals surface area (Å²) in [5.74, 6) is 1.05. The Morgan fingerprint density at radius 1 is 1.50 bits per heavy atom. The molecule has 0 bridgehead atoms. The van der Waals surface area contributed by atoms with E-state index in [9.17, 15) is 0 Å². The van der Waals surface area contributed by atoms with Crippen LogP contribution in [0.15, 0.2) is 0 Å². The van der Waals surface area contributed by atoms with Gasteiger partial charge in [-0.05, 0) is 12.3 Å². The van der Waals surface area contributed by atoms with Gasteiger partial charge in [-0.2, -0.15) is 0 Å². The summed E-state index contributed by atoms with van der Waals surface area (Å²) in [4.78, 5) is 1.85. The van der Waals surface area contributed by atoms with Crippen LogP contribution >= 0.6 is 11.8 Å². The Morgan fingerprint density at radius 2 is 2.20 bits per heavy atom. The number of rotatable bonds is 3. The Bertz CT molecular complexity index is 123. The maximum absolute atomic E-state index is 3.05. The standard InChI is InChI=1S/C7H14N2S/c1-8-4-6-10-7-5-9(2)3/h8H,4,6H2,1-3H3. The first kappa shape index (κ1) is 9.67. The Hall–Kier alpha value is -0.330. The van der Waals surface area contributed by atoms with Crippen LogP contribution in [0.1, 0.15) is 0 Å². The summed E-state index contributed by atoms with van der Waals surface area (Å²) in [6.45, 7) is 1.02. The number of hydrogen-bond acceptors (Lipinski definition) is 3. The van der Waals surface area contributed by atoms with Crippen molar-refractivity contribution in [1.29, 1.82) is 0 Å². The van der Waals surface area contributed by atoms with Gasteiger partial charge in [-0.3, -0.25) is 0 Å². The van der Waals surface area contributed by atoms with Crippen LogP contribution in [0.4, 0.5) is 0 Å². The average Bonchev–Trinajstić information content (AvgIpc) is 1.87. The fraction of sp³-hybridized carbons (Fsp3) is 0.714. The summed E-state index contributed by atoms with van der Waals surface area (Å²) in [7, 11) is 5.82. The summed E-state index contributed by atoms with van der Waals surface area (Å²) in [6, 6.07) is 2.92. The first-order valence-corrected chi connectivity index (χ1v) is 4.20. The molecular weight excluding hydrogens is 144 g/mol. The third kappa shape index (κ3) is 7.67. The Labute approximate surface area is 67.4 Å². The number of thioether (sulfide) groups is 1. The predicted octanol–water partition coefficient (Wildman–Crippen LogP) is 0.419. The van der Waals surface area contributed by atoms with E-state index in [-0.39, 0.29) is 0 Å². The summed E-state index contributed by atoms with van der Waals surface area (Å²) in [5, 5.41) is 6.03. The molecule has 0 unspecified atom stereocenters. The SMILES string of the molecule is CNCCSC#CN(C)C. The molecule has 0 aromatic heterocycles. The van der Waals surface area contributed by atoms with E-state index in [1.54, 1.807) is 11.8 Å². The summed E-state index contributed by atoms with van der Waals surface area (Å²) in [5.41, 5.74) is 0. The van der Waals surface area contributed by atoms with Gasteiger partial charge in [0, 0.05) is 32.4 Å². The largest absolute Gasteiger partial charge is 0.338 e. The Kier molecular flexibility index (Phi) is 6.56. The van der Waals surface area contributed by atoms with Gasteiger partial charge in [0.2, 0.25) is 0 Å². The highest BCUT2D eigenvalue weighted by Crippen LogP contribution is 1.92. The highest BCUT2D eigenvalue weighted by molar-refractivity contribution is 8.03. The molecule has 58 valence electrons. The maximum Gasteiger partial charge on any atom is 0.0188 e. The predicted molar refractivity (Wildman–Crippen MR) is 47.8 cm³/mol. The zero-order valence-electron chi connectivity index (χ0n) is 6.77. The molecule has 0 aromatic carbocycles. The molecule has 0 aliphatic rings. The lowest BCUT2D eigenvalue weighted by Gasteiger charge is -1.96. The molecule has 3 heteroatoms. The van der Waals surface area contributed by atoms with Crippen LogP contribution in [0.5, 0.6) is 0 Å². The second kappa shape index (κ2) is 6.79. The van der Waals surface area contributed by atoms with E-state index in [1.165, 1.54) is 0 Å². The van der Waals surface area contributed by atoms with Crippen molar-refractivity contribution in [2.45, 2.75) is 0 Å². The van der Waals surface area contributed by atoms with E-state index >= 15 is 0 Å². The molecule has 0 radical (unpaired) electrons. The Balaban J connectivity index is 3.12. The van der Waals surface area contributed by atoms with E-state index in [4.69, 9.17) is 0 Å². The third-order valence-corrected chi connectivity index (χ3v) is 1.44. The molecule has 0 saturated carbocycles. The minimum Gasteiger partial charge on any atom is -0.338 e. The normalized spacial score (nSPS) is 8.30. The molecule has 1 N–H and O–H groups in total. The molecule has 0 atom stereocenters. The fourth-order valence-electron chi connectivity index (χ4n) is 0.328. The molecule has 0 aromatic rings. The van der Waals surface area contributed by atoms with Crippen LogP contribution in [0.2, 0.25) is 0 Å².